The molecule has 0 aromatic rings. The Bertz CT molecular complexity index is 156. The van der Waals surface area contributed by atoms with E-state index in [-0.39, 0.29) is 6.42 Å². The summed E-state index contributed by atoms with van der Waals surface area (Å²) < 4.78 is 37.3. The van der Waals surface area contributed by atoms with Gasteiger partial charge < -0.3 is 5.73 Å². The SMILES string of the molecule is NCCN1CCCCC1C(F)(F)F. The minimum atomic E-state index is -4.09. The second kappa shape index (κ2) is 4.28. The molecule has 1 heterocycles. The van der Waals surface area contributed by atoms with Gasteiger partial charge in [0.25, 0.3) is 0 Å². The molecule has 78 valence electrons. The van der Waals surface area contributed by atoms with E-state index in [9.17, 15) is 13.2 Å². The molecule has 1 saturated heterocycles. The Morgan fingerprint density at radius 2 is 2.00 bits per heavy atom. The van der Waals surface area contributed by atoms with Crippen LogP contribution in [0.2, 0.25) is 0 Å². The van der Waals surface area contributed by atoms with E-state index in [0.29, 0.717) is 26.1 Å². The Labute approximate surface area is 75.9 Å². The number of halogens is 3. The maximum Gasteiger partial charge on any atom is 0.404 e. The van der Waals surface area contributed by atoms with Crippen molar-refractivity contribution in [2.24, 2.45) is 5.73 Å². The molecule has 2 N–H and O–H groups in total. The lowest BCUT2D eigenvalue weighted by molar-refractivity contribution is -0.190. The quantitative estimate of drug-likeness (QED) is 0.722. The average Bonchev–Trinajstić information content (AvgIpc) is 2.04. The van der Waals surface area contributed by atoms with E-state index in [2.05, 4.69) is 0 Å². The summed E-state index contributed by atoms with van der Waals surface area (Å²) in [6, 6.07) is -1.26. The molecule has 1 fully saturated rings. The molecule has 0 amide bonds. The fourth-order valence-corrected chi connectivity index (χ4v) is 1.80. The normalized spacial score (nSPS) is 26.3. The molecule has 2 nitrogen and oxygen atoms in total. The Balaban J connectivity index is 2.56. The van der Waals surface area contributed by atoms with Gasteiger partial charge in [0.15, 0.2) is 0 Å². The van der Waals surface area contributed by atoms with Gasteiger partial charge in [-0.1, -0.05) is 6.42 Å². The van der Waals surface area contributed by atoms with E-state index >= 15 is 0 Å². The van der Waals surface area contributed by atoms with Gasteiger partial charge in [-0.2, -0.15) is 13.2 Å². The highest BCUT2D eigenvalue weighted by molar-refractivity contribution is 4.82. The molecule has 0 spiro atoms. The molecule has 1 aliphatic rings. The molecule has 0 radical (unpaired) electrons. The molecule has 1 rings (SSSR count). The first-order valence-electron chi connectivity index (χ1n) is 4.56. The maximum absolute atomic E-state index is 12.4. The topological polar surface area (TPSA) is 29.3 Å². The minimum absolute atomic E-state index is 0.226. The van der Waals surface area contributed by atoms with E-state index in [4.69, 9.17) is 5.73 Å². The zero-order chi connectivity index (χ0) is 9.90. The Hall–Kier alpha value is -0.290. The summed E-state index contributed by atoms with van der Waals surface area (Å²) in [7, 11) is 0. The number of likely N-dealkylation sites (tertiary alicyclic amines) is 1. The first-order valence-corrected chi connectivity index (χ1v) is 4.56. The number of nitrogens with zero attached hydrogens (tertiary/aromatic N) is 1. The maximum atomic E-state index is 12.4. The summed E-state index contributed by atoms with van der Waals surface area (Å²) in [6.07, 6.45) is -2.34. The van der Waals surface area contributed by atoms with E-state index in [1.165, 1.54) is 4.90 Å². The molecule has 13 heavy (non-hydrogen) atoms. The highest BCUT2D eigenvalue weighted by Gasteiger charge is 2.43. The first kappa shape index (κ1) is 10.8. The van der Waals surface area contributed by atoms with Gasteiger partial charge in [0.1, 0.15) is 6.04 Å². The lowest BCUT2D eigenvalue weighted by atomic mass is 10.0. The monoisotopic (exact) mass is 196 g/mol. The Morgan fingerprint density at radius 3 is 2.54 bits per heavy atom. The van der Waals surface area contributed by atoms with Crippen molar-refractivity contribution in [3.63, 3.8) is 0 Å². The summed E-state index contributed by atoms with van der Waals surface area (Å²) in [5, 5.41) is 0. The van der Waals surface area contributed by atoms with Crippen LogP contribution in [0.4, 0.5) is 13.2 Å². The smallest absolute Gasteiger partial charge is 0.329 e. The van der Waals surface area contributed by atoms with Crippen LogP contribution in [0.1, 0.15) is 19.3 Å². The third kappa shape index (κ3) is 2.84. The first-order chi connectivity index (χ1) is 6.05. The highest BCUT2D eigenvalue weighted by atomic mass is 19.4. The van der Waals surface area contributed by atoms with Gasteiger partial charge in [0, 0.05) is 13.1 Å². The number of nitrogens with two attached hydrogens (primary N) is 1. The molecule has 5 heteroatoms. The van der Waals surface area contributed by atoms with Crippen molar-refractivity contribution in [1.29, 1.82) is 0 Å². The van der Waals surface area contributed by atoms with Crippen LogP contribution < -0.4 is 5.73 Å². The zero-order valence-corrected chi connectivity index (χ0v) is 7.48. The third-order valence-corrected chi connectivity index (χ3v) is 2.41. The van der Waals surface area contributed by atoms with Gasteiger partial charge in [-0.25, -0.2) is 0 Å². The van der Waals surface area contributed by atoms with Gasteiger partial charge in [0.2, 0.25) is 0 Å². The molecule has 0 bridgehead atoms. The van der Waals surface area contributed by atoms with Crippen molar-refractivity contribution in [3.05, 3.63) is 0 Å². The molecule has 0 aromatic carbocycles. The van der Waals surface area contributed by atoms with Crippen LogP contribution in [0.3, 0.4) is 0 Å². The third-order valence-electron chi connectivity index (χ3n) is 2.41. The highest BCUT2D eigenvalue weighted by Crippen LogP contribution is 2.31. The van der Waals surface area contributed by atoms with Gasteiger partial charge in [-0.05, 0) is 19.4 Å². The van der Waals surface area contributed by atoms with Crippen LogP contribution in [-0.4, -0.2) is 36.8 Å². The van der Waals surface area contributed by atoms with Gasteiger partial charge >= 0.3 is 6.18 Å². The van der Waals surface area contributed by atoms with Crippen molar-refractivity contribution < 1.29 is 13.2 Å². The van der Waals surface area contributed by atoms with E-state index in [1.807, 2.05) is 0 Å². The lowest BCUT2D eigenvalue weighted by Gasteiger charge is -2.36. The molecular weight excluding hydrogens is 181 g/mol. The summed E-state index contributed by atoms with van der Waals surface area (Å²) >= 11 is 0. The predicted octanol–water partition coefficient (Wildman–Crippen LogP) is 1.36. The summed E-state index contributed by atoms with van der Waals surface area (Å²) in [5.41, 5.74) is 5.26. The summed E-state index contributed by atoms with van der Waals surface area (Å²) in [4.78, 5) is 1.45. The minimum Gasteiger partial charge on any atom is -0.329 e. The van der Waals surface area contributed by atoms with E-state index in [1.54, 1.807) is 0 Å². The molecule has 0 aliphatic carbocycles. The van der Waals surface area contributed by atoms with Crippen LogP contribution >= 0.6 is 0 Å². The van der Waals surface area contributed by atoms with Crippen molar-refractivity contribution >= 4 is 0 Å². The van der Waals surface area contributed by atoms with Gasteiger partial charge in [-0.15, -0.1) is 0 Å². The van der Waals surface area contributed by atoms with E-state index in [0.717, 1.165) is 6.42 Å². The van der Waals surface area contributed by atoms with Crippen molar-refractivity contribution in [2.75, 3.05) is 19.6 Å². The van der Waals surface area contributed by atoms with Crippen LogP contribution in [0, 0.1) is 0 Å². The predicted molar refractivity (Wildman–Crippen MR) is 44.3 cm³/mol. The molecule has 0 saturated carbocycles. The largest absolute Gasteiger partial charge is 0.404 e. The van der Waals surface area contributed by atoms with Crippen LogP contribution in [-0.2, 0) is 0 Å². The molecule has 0 aromatic heterocycles. The lowest BCUT2D eigenvalue weighted by Crippen LogP contribution is -2.50. The Kier molecular flexibility index (Phi) is 3.55. The number of hydrogen-bond acceptors (Lipinski definition) is 2. The molecule has 1 aliphatic heterocycles. The summed E-state index contributed by atoms with van der Waals surface area (Å²) in [5.74, 6) is 0. The number of piperidine rings is 1. The van der Waals surface area contributed by atoms with Gasteiger partial charge in [0.05, 0.1) is 0 Å². The van der Waals surface area contributed by atoms with E-state index < -0.39 is 12.2 Å². The second-order valence-electron chi connectivity index (χ2n) is 3.38. The average molecular weight is 196 g/mol. The Morgan fingerprint density at radius 1 is 1.31 bits per heavy atom. The summed E-state index contributed by atoms with van der Waals surface area (Å²) in [6.45, 7) is 1.18. The van der Waals surface area contributed by atoms with Gasteiger partial charge in [-0.3, -0.25) is 4.90 Å². The second-order valence-corrected chi connectivity index (χ2v) is 3.38. The van der Waals surface area contributed by atoms with Crippen LogP contribution in [0.5, 0.6) is 0 Å². The number of alkyl halides is 3. The molecule has 1 unspecified atom stereocenters. The van der Waals surface area contributed by atoms with Crippen molar-refractivity contribution in [3.8, 4) is 0 Å². The molecular formula is C8H15F3N2. The van der Waals surface area contributed by atoms with Crippen molar-refractivity contribution in [1.82, 2.24) is 4.90 Å². The molecule has 1 atom stereocenters. The fourth-order valence-electron chi connectivity index (χ4n) is 1.80. The van der Waals surface area contributed by atoms with Crippen molar-refractivity contribution in [2.45, 2.75) is 31.5 Å². The number of rotatable bonds is 2. The fraction of sp³-hybridized carbons (Fsp3) is 1.00. The van der Waals surface area contributed by atoms with Crippen LogP contribution in [0.15, 0.2) is 0 Å². The van der Waals surface area contributed by atoms with Crippen LogP contribution in [0.25, 0.3) is 0 Å². The number of hydrogen-bond donors (Lipinski definition) is 1. The standard InChI is InChI=1S/C8H15F3N2/c9-8(10,11)7-3-1-2-5-13(7)6-4-12/h7H,1-6,12H2. The zero-order valence-electron chi connectivity index (χ0n) is 7.48.